The Balaban J connectivity index is 1.51. The highest BCUT2D eigenvalue weighted by molar-refractivity contribution is 7.05. The highest BCUT2D eigenvalue weighted by Gasteiger charge is 2.11. The maximum absolute atomic E-state index is 12.2. The molecule has 0 saturated carbocycles. The Morgan fingerprint density at radius 3 is 2.57 bits per heavy atom. The molecule has 2 aromatic carbocycles. The molecule has 0 bridgehead atoms. The highest BCUT2D eigenvalue weighted by Crippen LogP contribution is 2.29. The lowest BCUT2D eigenvalue weighted by atomic mass is 9.98. The fraction of sp³-hybridized carbons (Fsp3) is 0.143. The zero-order valence-corrected chi connectivity index (χ0v) is 16.3. The van der Waals surface area contributed by atoms with Crippen molar-refractivity contribution in [3.8, 4) is 22.6 Å². The van der Waals surface area contributed by atoms with Crippen LogP contribution in [0.2, 0.25) is 0 Å². The van der Waals surface area contributed by atoms with Crippen LogP contribution in [0.4, 0.5) is 5.69 Å². The first-order valence-corrected chi connectivity index (χ1v) is 9.56. The number of carbonyl (C=O) groups excluding carboxylic acids is 1. The Morgan fingerprint density at radius 1 is 1.11 bits per heavy atom. The first kappa shape index (κ1) is 18.1. The zero-order valence-electron chi connectivity index (χ0n) is 15.5. The van der Waals surface area contributed by atoms with Gasteiger partial charge in [-0.3, -0.25) is 4.79 Å². The lowest BCUT2D eigenvalue weighted by Crippen LogP contribution is -2.14. The van der Waals surface area contributed by atoms with E-state index in [-0.39, 0.29) is 12.3 Å². The van der Waals surface area contributed by atoms with Gasteiger partial charge in [-0.2, -0.15) is 0 Å². The van der Waals surface area contributed by atoms with E-state index in [9.17, 15) is 4.79 Å². The lowest BCUT2D eigenvalue weighted by molar-refractivity contribution is -0.115. The van der Waals surface area contributed by atoms with Gasteiger partial charge in [-0.25, -0.2) is 4.98 Å². The lowest BCUT2D eigenvalue weighted by Gasteiger charge is -2.10. The van der Waals surface area contributed by atoms with Crippen molar-refractivity contribution < 1.29 is 9.21 Å². The van der Waals surface area contributed by atoms with Crippen molar-refractivity contribution in [2.45, 2.75) is 20.3 Å². The van der Waals surface area contributed by atoms with E-state index in [0.717, 1.165) is 38.5 Å². The van der Waals surface area contributed by atoms with Crippen LogP contribution in [0.5, 0.6) is 0 Å². The predicted molar refractivity (Wildman–Crippen MR) is 109 cm³/mol. The molecule has 0 unspecified atom stereocenters. The zero-order chi connectivity index (χ0) is 19.5. The summed E-state index contributed by atoms with van der Waals surface area (Å²) in [6.07, 6.45) is 3.48. The third kappa shape index (κ3) is 3.84. The third-order valence-electron chi connectivity index (χ3n) is 4.46. The minimum atomic E-state index is -0.0797. The maximum atomic E-state index is 12.2. The van der Waals surface area contributed by atoms with Crippen molar-refractivity contribution in [3.63, 3.8) is 0 Å². The molecule has 0 aliphatic rings. The summed E-state index contributed by atoms with van der Waals surface area (Å²) in [5, 5.41) is 6.85. The second-order valence-corrected chi connectivity index (χ2v) is 7.29. The van der Waals surface area contributed by atoms with E-state index >= 15 is 0 Å². The standard InChI is InChI=1S/C21H18N4O2S/c1-13-3-4-16(21-22-9-10-27-21)11-18(13)15-5-7-17(8-6-15)23-20(26)12-19-14(2)24-25-28-19/h3-11H,12H2,1-2H3,(H,23,26). The molecule has 28 heavy (non-hydrogen) atoms. The predicted octanol–water partition coefficient (Wildman–Crippen LogP) is 4.66. The number of oxazole rings is 1. The third-order valence-corrected chi connectivity index (χ3v) is 5.29. The summed E-state index contributed by atoms with van der Waals surface area (Å²) in [5.74, 6) is 0.516. The molecule has 6 nitrogen and oxygen atoms in total. The average molecular weight is 390 g/mol. The molecular formula is C21H18N4O2S. The Bertz CT molecular complexity index is 1100. The summed E-state index contributed by atoms with van der Waals surface area (Å²) < 4.78 is 9.26. The van der Waals surface area contributed by atoms with Crippen molar-refractivity contribution in [2.24, 2.45) is 0 Å². The molecular weight excluding hydrogens is 372 g/mol. The van der Waals surface area contributed by atoms with E-state index in [4.69, 9.17) is 4.42 Å². The number of rotatable bonds is 5. The molecule has 4 rings (SSSR count). The van der Waals surface area contributed by atoms with Gasteiger partial charge in [0.2, 0.25) is 11.8 Å². The van der Waals surface area contributed by atoms with Crippen molar-refractivity contribution in [3.05, 3.63) is 71.1 Å². The second kappa shape index (κ2) is 7.74. The number of amides is 1. The summed E-state index contributed by atoms with van der Waals surface area (Å²) in [6, 6.07) is 13.9. The van der Waals surface area contributed by atoms with E-state index in [1.165, 1.54) is 11.5 Å². The Kier molecular flexibility index (Phi) is 4.99. The monoisotopic (exact) mass is 390 g/mol. The summed E-state index contributed by atoms with van der Waals surface area (Å²) in [6.45, 7) is 3.92. The molecule has 4 aromatic rings. The summed E-state index contributed by atoms with van der Waals surface area (Å²) >= 11 is 1.26. The minimum Gasteiger partial charge on any atom is -0.445 e. The summed E-state index contributed by atoms with van der Waals surface area (Å²) in [7, 11) is 0. The van der Waals surface area contributed by atoms with Crippen LogP contribution in [0, 0.1) is 13.8 Å². The molecule has 2 aromatic heterocycles. The molecule has 1 amide bonds. The molecule has 0 fully saturated rings. The van der Waals surface area contributed by atoms with Crippen LogP contribution >= 0.6 is 11.5 Å². The number of carbonyl (C=O) groups is 1. The van der Waals surface area contributed by atoms with Gasteiger partial charge in [0.05, 0.1) is 23.2 Å². The number of aryl methyl sites for hydroxylation is 2. The number of nitrogens with one attached hydrogen (secondary N) is 1. The Morgan fingerprint density at radius 2 is 1.89 bits per heavy atom. The molecule has 140 valence electrons. The van der Waals surface area contributed by atoms with Crippen molar-refractivity contribution in [1.29, 1.82) is 0 Å². The first-order chi connectivity index (χ1) is 13.6. The summed E-state index contributed by atoms with van der Waals surface area (Å²) in [4.78, 5) is 17.3. The van der Waals surface area contributed by atoms with E-state index in [2.05, 4.69) is 38.9 Å². The second-order valence-electron chi connectivity index (χ2n) is 6.45. The van der Waals surface area contributed by atoms with Crippen LogP contribution in [0.1, 0.15) is 16.1 Å². The number of nitrogens with zero attached hydrogens (tertiary/aromatic N) is 3. The van der Waals surface area contributed by atoms with Crippen LogP contribution in [0.3, 0.4) is 0 Å². The molecule has 2 heterocycles. The molecule has 0 aliphatic carbocycles. The smallest absolute Gasteiger partial charge is 0.229 e. The van der Waals surface area contributed by atoms with Crippen molar-refractivity contribution in [1.82, 2.24) is 14.6 Å². The number of hydrogen-bond donors (Lipinski definition) is 1. The van der Waals surface area contributed by atoms with Gasteiger partial charge in [-0.05, 0) is 66.3 Å². The van der Waals surface area contributed by atoms with Gasteiger partial charge >= 0.3 is 0 Å². The molecule has 0 atom stereocenters. The normalized spacial score (nSPS) is 10.8. The topological polar surface area (TPSA) is 80.9 Å². The quantitative estimate of drug-likeness (QED) is 0.536. The van der Waals surface area contributed by atoms with Crippen LogP contribution in [-0.4, -0.2) is 20.5 Å². The first-order valence-electron chi connectivity index (χ1n) is 8.79. The van der Waals surface area contributed by atoms with Gasteiger partial charge in [0, 0.05) is 11.3 Å². The van der Waals surface area contributed by atoms with Gasteiger partial charge in [0.1, 0.15) is 6.26 Å². The van der Waals surface area contributed by atoms with Gasteiger partial charge in [-0.1, -0.05) is 22.7 Å². The molecule has 0 radical (unpaired) electrons. The molecule has 0 spiro atoms. The van der Waals surface area contributed by atoms with Gasteiger partial charge in [0.25, 0.3) is 0 Å². The van der Waals surface area contributed by atoms with Crippen molar-refractivity contribution >= 4 is 23.1 Å². The van der Waals surface area contributed by atoms with Crippen LogP contribution in [-0.2, 0) is 11.2 Å². The molecule has 0 saturated heterocycles. The van der Waals surface area contributed by atoms with Crippen LogP contribution in [0.15, 0.2) is 59.3 Å². The number of benzene rings is 2. The van der Waals surface area contributed by atoms with Crippen molar-refractivity contribution in [2.75, 3.05) is 5.32 Å². The van der Waals surface area contributed by atoms with E-state index in [0.29, 0.717) is 5.89 Å². The van der Waals surface area contributed by atoms with E-state index in [1.54, 1.807) is 12.5 Å². The SMILES string of the molecule is Cc1ccc(-c2ncco2)cc1-c1ccc(NC(=O)Cc2snnc2C)cc1. The van der Waals surface area contributed by atoms with E-state index in [1.807, 2.05) is 37.3 Å². The Hall–Kier alpha value is -3.32. The fourth-order valence-corrected chi connectivity index (χ4v) is 3.56. The highest BCUT2D eigenvalue weighted by atomic mass is 32.1. The van der Waals surface area contributed by atoms with E-state index < -0.39 is 0 Å². The number of hydrogen-bond acceptors (Lipinski definition) is 6. The molecule has 7 heteroatoms. The average Bonchev–Trinajstić information content (AvgIpc) is 3.36. The molecule has 0 aliphatic heterocycles. The Labute approximate surface area is 166 Å². The van der Waals surface area contributed by atoms with Gasteiger partial charge in [-0.15, -0.1) is 5.10 Å². The van der Waals surface area contributed by atoms with Crippen LogP contribution in [0.25, 0.3) is 22.6 Å². The maximum Gasteiger partial charge on any atom is 0.229 e. The van der Waals surface area contributed by atoms with Crippen LogP contribution < -0.4 is 5.32 Å². The largest absolute Gasteiger partial charge is 0.445 e. The number of aromatic nitrogens is 3. The van der Waals surface area contributed by atoms with Gasteiger partial charge < -0.3 is 9.73 Å². The van der Waals surface area contributed by atoms with Gasteiger partial charge in [0.15, 0.2) is 0 Å². The fourth-order valence-electron chi connectivity index (χ4n) is 2.93. The minimum absolute atomic E-state index is 0.0797. The molecule has 1 N–H and O–H groups in total. The summed E-state index contributed by atoms with van der Waals surface area (Å²) in [5.41, 5.74) is 5.80. The number of anilines is 1.